The molecule has 4 heteroatoms. The largest absolute Gasteiger partial charge is 0.389 e. The first-order valence-electron chi connectivity index (χ1n) is 8.22. The van der Waals surface area contributed by atoms with Gasteiger partial charge in [-0.2, -0.15) is 0 Å². The van der Waals surface area contributed by atoms with Crippen LogP contribution in [-0.4, -0.2) is 34.5 Å². The summed E-state index contributed by atoms with van der Waals surface area (Å²) in [6, 6.07) is 19.6. The zero-order valence-corrected chi connectivity index (χ0v) is 15.4. The number of Topliss-reactive ketones (excluding diaryl/α,β-unsaturated/α-hetero) is 1. The summed E-state index contributed by atoms with van der Waals surface area (Å²) >= 11 is 0. The van der Waals surface area contributed by atoms with E-state index in [-0.39, 0.29) is 29.2 Å². The third kappa shape index (κ3) is 5.00. The van der Waals surface area contributed by atoms with E-state index in [2.05, 4.69) is 17.0 Å². The van der Waals surface area contributed by atoms with Crippen molar-refractivity contribution in [1.82, 2.24) is 4.90 Å². The van der Waals surface area contributed by atoms with E-state index in [4.69, 9.17) is 0 Å². The Morgan fingerprint density at radius 1 is 0.958 bits per heavy atom. The van der Waals surface area contributed by atoms with E-state index in [0.29, 0.717) is 18.4 Å². The van der Waals surface area contributed by atoms with Gasteiger partial charge in [0.25, 0.3) is 0 Å². The second-order valence-corrected chi connectivity index (χ2v) is 6.45. The number of rotatable bonds is 5. The molecule has 3 nitrogen and oxygen atoms in total. The van der Waals surface area contributed by atoms with Crippen molar-refractivity contribution in [3.63, 3.8) is 0 Å². The number of carbonyl (C=O) groups excluding carboxylic acids is 1. The first-order chi connectivity index (χ1) is 11.1. The summed E-state index contributed by atoms with van der Waals surface area (Å²) < 4.78 is 0. The smallest absolute Gasteiger partial charge is 0.165 e. The monoisotopic (exact) mass is 389 g/mol. The van der Waals surface area contributed by atoms with Gasteiger partial charge in [-0.05, 0) is 18.4 Å². The van der Waals surface area contributed by atoms with Crippen molar-refractivity contribution in [3.05, 3.63) is 71.8 Å². The molecule has 0 spiro atoms. The second kappa shape index (κ2) is 8.56. The van der Waals surface area contributed by atoms with E-state index < -0.39 is 5.60 Å². The highest BCUT2D eigenvalue weighted by Gasteiger charge is 2.34. The minimum atomic E-state index is -0.861. The number of benzene rings is 2. The van der Waals surface area contributed by atoms with Crippen LogP contribution in [0, 0.1) is 0 Å². The molecule has 0 unspecified atom stereocenters. The number of halogens is 1. The van der Waals surface area contributed by atoms with Gasteiger partial charge in [0.15, 0.2) is 5.78 Å². The van der Waals surface area contributed by atoms with Crippen molar-refractivity contribution in [2.45, 2.75) is 31.4 Å². The van der Waals surface area contributed by atoms with Crippen molar-refractivity contribution in [1.29, 1.82) is 0 Å². The molecule has 0 atom stereocenters. The molecule has 0 aliphatic carbocycles. The average Bonchev–Trinajstić information content (AvgIpc) is 2.59. The fourth-order valence-corrected chi connectivity index (χ4v) is 3.17. The number of likely N-dealkylation sites (tertiary alicyclic amines) is 1. The van der Waals surface area contributed by atoms with E-state index in [1.807, 2.05) is 48.5 Å². The van der Waals surface area contributed by atoms with E-state index in [1.165, 1.54) is 5.56 Å². The molecular weight excluding hydrogens is 366 g/mol. The van der Waals surface area contributed by atoms with Crippen LogP contribution in [0.2, 0.25) is 0 Å². The summed E-state index contributed by atoms with van der Waals surface area (Å²) in [6.07, 6.45) is 1.52. The molecule has 1 saturated heterocycles. The van der Waals surface area contributed by atoms with E-state index in [1.54, 1.807) is 0 Å². The van der Waals surface area contributed by atoms with Crippen LogP contribution in [0.25, 0.3) is 0 Å². The zero-order chi connectivity index (χ0) is 16.1. The van der Waals surface area contributed by atoms with Gasteiger partial charge >= 0.3 is 0 Å². The maximum Gasteiger partial charge on any atom is 0.165 e. The molecular formula is C20H24BrNO2. The highest BCUT2D eigenvalue weighted by molar-refractivity contribution is 8.93. The summed E-state index contributed by atoms with van der Waals surface area (Å²) in [6.45, 7) is 2.56. The summed E-state index contributed by atoms with van der Waals surface area (Å²) in [5.74, 6) is 0.0320. The first kappa shape index (κ1) is 18.8. The third-order valence-corrected chi connectivity index (χ3v) is 4.62. The van der Waals surface area contributed by atoms with Gasteiger partial charge in [0.2, 0.25) is 0 Å². The highest BCUT2D eigenvalue weighted by Crippen LogP contribution is 2.28. The molecule has 0 saturated carbocycles. The molecule has 1 fully saturated rings. The van der Waals surface area contributed by atoms with E-state index >= 15 is 0 Å². The van der Waals surface area contributed by atoms with Crippen molar-refractivity contribution < 1.29 is 9.90 Å². The van der Waals surface area contributed by atoms with Crippen LogP contribution < -0.4 is 0 Å². The lowest BCUT2D eigenvalue weighted by Gasteiger charge is -2.38. The van der Waals surface area contributed by atoms with Crippen LogP contribution >= 0.6 is 17.0 Å². The molecule has 0 amide bonds. The molecule has 1 heterocycles. The standard InChI is InChI=1S/C20H23NO2.BrH/c22-19(18-9-5-2-6-10-18)15-20(23)11-13-21(14-12-20)16-17-7-3-1-4-8-17;/h1-10,23H,11-16H2;1H. The number of nitrogens with zero attached hydrogens (tertiary/aromatic N) is 1. The molecule has 2 aromatic rings. The zero-order valence-electron chi connectivity index (χ0n) is 13.7. The SMILES string of the molecule is Br.O=C(CC1(O)CCN(Cc2ccccc2)CC1)c1ccccc1. The summed E-state index contributed by atoms with van der Waals surface area (Å²) in [5.41, 5.74) is 1.12. The van der Waals surface area contributed by atoms with Gasteiger partial charge in [-0.1, -0.05) is 60.7 Å². The molecule has 3 rings (SSSR count). The average molecular weight is 390 g/mol. The fourth-order valence-electron chi connectivity index (χ4n) is 3.17. The Bertz CT molecular complexity index is 637. The minimum absolute atomic E-state index is 0. The molecule has 0 aromatic heterocycles. The van der Waals surface area contributed by atoms with Crippen molar-refractivity contribution in [3.8, 4) is 0 Å². The lowest BCUT2D eigenvalue weighted by atomic mass is 9.85. The Balaban J connectivity index is 0.00000208. The Hall–Kier alpha value is -1.49. The molecule has 1 aliphatic rings. The van der Waals surface area contributed by atoms with E-state index in [0.717, 1.165) is 19.6 Å². The van der Waals surface area contributed by atoms with Crippen molar-refractivity contribution >= 4 is 22.8 Å². The number of aliphatic hydroxyl groups is 1. The molecule has 128 valence electrons. The molecule has 0 bridgehead atoms. The fraction of sp³-hybridized carbons (Fsp3) is 0.350. The van der Waals surface area contributed by atoms with Gasteiger partial charge in [-0.15, -0.1) is 17.0 Å². The van der Waals surface area contributed by atoms with Crippen LogP contribution in [0.4, 0.5) is 0 Å². The van der Waals surface area contributed by atoms with Crippen LogP contribution in [0.3, 0.4) is 0 Å². The van der Waals surface area contributed by atoms with E-state index in [9.17, 15) is 9.90 Å². The lowest BCUT2D eigenvalue weighted by Crippen LogP contribution is -2.45. The Morgan fingerprint density at radius 2 is 1.50 bits per heavy atom. The van der Waals surface area contributed by atoms with Crippen molar-refractivity contribution in [2.24, 2.45) is 0 Å². The number of hydrogen-bond acceptors (Lipinski definition) is 3. The van der Waals surface area contributed by atoms with Crippen LogP contribution in [-0.2, 0) is 6.54 Å². The second-order valence-electron chi connectivity index (χ2n) is 6.45. The maximum atomic E-state index is 12.3. The molecule has 24 heavy (non-hydrogen) atoms. The Labute approximate surface area is 154 Å². The highest BCUT2D eigenvalue weighted by atomic mass is 79.9. The third-order valence-electron chi connectivity index (χ3n) is 4.62. The topological polar surface area (TPSA) is 40.5 Å². The van der Waals surface area contributed by atoms with Gasteiger partial charge in [0, 0.05) is 31.6 Å². The van der Waals surface area contributed by atoms with Gasteiger partial charge < -0.3 is 5.11 Å². The summed E-state index contributed by atoms with van der Waals surface area (Å²) in [4.78, 5) is 14.7. The number of hydrogen-bond donors (Lipinski definition) is 1. The van der Waals surface area contributed by atoms with Crippen LogP contribution in [0.5, 0.6) is 0 Å². The van der Waals surface area contributed by atoms with Gasteiger partial charge in [0.1, 0.15) is 0 Å². The Kier molecular flexibility index (Phi) is 6.72. The number of piperidine rings is 1. The molecule has 1 aliphatic heterocycles. The summed E-state index contributed by atoms with van der Waals surface area (Å²) in [5, 5.41) is 10.7. The molecule has 0 radical (unpaired) electrons. The molecule has 1 N–H and O–H groups in total. The lowest BCUT2D eigenvalue weighted by molar-refractivity contribution is -0.0241. The maximum absolute atomic E-state index is 12.3. The minimum Gasteiger partial charge on any atom is -0.389 e. The predicted molar refractivity (Wildman–Crippen MR) is 102 cm³/mol. The Morgan fingerprint density at radius 3 is 2.08 bits per heavy atom. The van der Waals surface area contributed by atoms with Gasteiger partial charge in [0.05, 0.1) is 5.60 Å². The number of carbonyl (C=O) groups is 1. The summed E-state index contributed by atoms with van der Waals surface area (Å²) in [7, 11) is 0. The predicted octanol–water partition coefficient (Wildman–Crippen LogP) is 3.86. The normalized spacial score (nSPS) is 17.0. The van der Waals surface area contributed by atoms with Crippen LogP contribution in [0.15, 0.2) is 60.7 Å². The number of ketones is 1. The first-order valence-corrected chi connectivity index (χ1v) is 8.22. The quantitative estimate of drug-likeness (QED) is 0.789. The van der Waals surface area contributed by atoms with Crippen molar-refractivity contribution in [2.75, 3.05) is 13.1 Å². The van der Waals surface area contributed by atoms with Crippen LogP contribution in [0.1, 0.15) is 35.2 Å². The van der Waals surface area contributed by atoms with Gasteiger partial charge in [-0.25, -0.2) is 0 Å². The molecule has 2 aromatic carbocycles. The van der Waals surface area contributed by atoms with Gasteiger partial charge in [-0.3, -0.25) is 9.69 Å².